The second-order valence-corrected chi connectivity index (χ2v) is 6.99. The fourth-order valence-electron chi connectivity index (χ4n) is 3.47. The summed E-state index contributed by atoms with van der Waals surface area (Å²) in [6, 6.07) is 8.00. The largest absolute Gasteiger partial charge is 0.338 e. The van der Waals surface area contributed by atoms with Gasteiger partial charge in [0.1, 0.15) is 0 Å². The molecule has 0 bridgehead atoms. The van der Waals surface area contributed by atoms with Gasteiger partial charge in [-0.2, -0.15) is 5.10 Å². The van der Waals surface area contributed by atoms with Crippen molar-refractivity contribution in [3.8, 4) is 0 Å². The first-order valence-corrected chi connectivity index (χ1v) is 8.57. The molecule has 0 radical (unpaired) electrons. The van der Waals surface area contributed by atoms with Crippen LogP contribution < -0.4 is 0 Å². The molecule has 5 heteroatoms. The zero-order chi connectivity index (χ0) is 17.1. The van der Waals surface area contributed by atoms with Crippen molar-refractivity contribution in [3.05, 3.63) is 52.8 Å². The number of hydrogen-bond acceptors (Lipinski definition) is 3. The number of nitrogens with one attached hydrogen (secondary N) is 1. The Morgan fingerprint density at radius 2 is 2.08 bits per heavy atom. The molecule has 2 aromatic rings. The molecule has 1 aromatic heterocycles. The zero-order valence-corrected chi connectivity index (χ0v) is 14.7. The topological polar surface area (TPSA) is 52.2 Å². The molecule has 1 fully saturated rings. The molecule has 1 aromatic carbocycles. The highest BCUT2D eigenvalue weighted by Gasteiger charge is 2.27. The summed E-state index contributed by atoms with van der Waals surface area (Å²) >= 11 is 0. The third-order valence-electron chi connectivity index (χ3n) is 4.68. The van der Waals surface area contributed by atoms with E-state index >= 15 is 0 Å². The van der Waals surface area contributed by atoms with E-state index in [1.165, 1.54) is 16.8 Å². The van der Waals surface area contributed by atoms with Crippen molar-refractivity contribution in [2.75, 3.05) is 27.2 Å². The van der Waals surface area contributed by atoms with Crippen LogP contribution in [0.1, 0.15) is 45.9 Å². The Morgan fingerprint density at radius 1 is 1.33 bits per heavy atom. The van der Waals surface area contributed by atoms with Gasteiger partial charge in [-0.25, -0.2) is 0 Å². The second kappa shape index (κ2) is 7.18. The monoisotopic (exact) mass is 326 g/mol. The van der Waals surface area contributed by atoms with Gasteiger partial charge in [0.25, 0.3) is 5.91 Å². The molecule has 1 aliphatic heterocycles. The number of benzene rings is 1. The van der Waals surface area contributed by atoms with Crippen LogP contribution in [0.5, 0.6) is 0 Å². The van der Waals surface area contributed by atoms with E-state index in [0.717, 1.165) is 38.0 Å². The van der Waals surface area contributed by atoms with Gasteiger partial charge in [0.15, 0.2) is 0 Å². The van der Waals surface area contributed by atoms with Crippen molar-refractivity contribution >= 4 is 5.91 Å². The van der Waals surface area contributed by atoms with Gasteiger partial charge in [-0.15, -0.1) is 0 Å². The zero-order valence-electron chi connectivity index (χ0n) is 14.7. The van der Waals surface area contributed by atoms with E-state index in [1.54, 1.807) is 0 Å². The number of aromatic nitrogens is 2. The third kappa shape index (κ3) is 3.67. The molecule has 0 aliphatic carbocycles. The van der Waals surface area contributed by atoms with Crippen LogP contribution >= 0.6 is 0 Å². The maximum Gasteiger partial charge on any atom is 0.253 e. The lowest BCUT2D eigenvalue weighted by Gasteiger charge is -2.32. The molecule has 1 aliphatic rings. The summed E-state index contributed by atoms with van der Waals surface area (Å²) in [5, 5.41) is 7.23. The molecule has 0 saturated carbocycles. The van der Waals surface area contributed by atoms with Gasteiger partial charge in [-0.05, 0) is 57.1 Å². The maximum atomic E-state index is 12.8. The van der Waals surface area contributed by atoms with Crippen LogP contribution in [0.4, 0.5) is 0 Å². The van der Waals surface area contributed by atoms with Crippen LogP contribution in [0.25, 0.3) is 0 Å². The predicted molar refractivity (Wildman–Crippen MR) is 95.0 cm³/mol. The highest BCUT2D eigenvalue weighted by molar-refractivity contribution is 5.94. The van der Waals surface area contributed by atoms with Gasteiger partial charge in [-0.1, -0.05) is 12.1 Å². The van der Waals surface area contributed by atoms with Crippen LogP contribution in [0, 0.1) is 6.92 Å². The number of hydrogen-bond donors (Lipinski definition) is 1. The average Bonchev–Trinajstić information content (AvgIpc) is 3.00. The Kier molecular flexibility index (Phi) is 5.00. The molecule has 2 heterocycles. The lowest BCUT2D eigenvalue weighted by molar-refractivity contribution is 0.0705. The molecular formula is C19H26N4O. The molecule has 1 atom stereocenters. The van der Waals surface area contributed by atoms with E-state index in [9.17, 15) is 4.79 Å². The minimum absolute atomic E-state index is 0.133. The fraction of sp³-hybridized carbons (Fsp3) is 0.474. The van der Waals surface area contributed by atoms with Crippen LogP contribution in [-0.2, 0) is 6.54 Å². The molecule has 1 N–H and O–H groups in total. The van der Waals surface area contributed by atoms with Crippen molar-refractivity contribution in [2.45, 2.75) is 32.2 Å². The summed E-state index contributed by atoms with van der Waals surface area (Å²) < 4.78 is 0. The molecule has 1 saturated heterocycles. The van der Waals surface area contributed by atoms with Gasteiger partial charge in [0.2, 0.25) is 0 Å². The number of rotatable bonds is 4. The Labute approximate surface area is 143 Å². The molecule has 0 spiro atoms. The number of aromatic amines is 1. The van der Waals surface area contributed by atoms with Crippen LogP contribution in [0.3, 0.4) is 0 Å². The fourth-order valence-corrected chi connectivity index (χ4v) is 3.47. The average molecular weight is 326 g/mol. The summed E-state index contributed by atoms with van der Waals surface area (Å²) in [6.07, 6.45) is 4.00. The number of carbonyl (C=O) groups excluding carboxylic acids is 1. The SMILES string of the molecule is Cc1cn[nH]c1C1CCCN(C(=O)c2ccc(CN(C)C)cc2)C1. The molecule has 5 nitrogen and oxygen atoms in total. The van der Waals surface area contributed by atoms with Crippen molar-refractivity contribution in [3.63, 3.8) is 0 Å². The summed E-state index contributed by atoms with van der Waals surface area (Å²) in [7, 11) is 4.09. The number of carbonyl (C=O) groups is 1. The Bertz CT molecular complexity index is 690. The summed E-state index contributed by atoms with van der Waals surface area (Å²) in [5.41, 5.74) is 4.36. The van der Waals surface area contributed by atoms with Crippen molar-refractivity contribution in [1.29, 1.82) is 0 Å². The highest BCUT2D eigenvalue weighted by Crippen LogP contribution is 2.28. The number of amides is 1. The van der Waals surface area contributed by atoms with Crippen molar-refractivity contribution < 1.29 is 4.79 Å². The summed E-state index contributed by atoms with van der Waals surface area (Å²) in [6.45, 7) is 4.56. The van der Waals surface area contributed by atoms with E-state index < -0.39 is 0 Å². The molecule has 3 rings (SSSR count). The van der Waals surface area contributed by atoms with Gasteiger partial charge < -0.3 is 9.80 Å². The normalized spacial score (nSPS) is 18.2. The van der Waals surface area contributed by atoms with E-state index in [1.807, 2.05) is 49.5 Å². The number of nitrogens with zero attached hydrogens (tertiary/aromatic N) is 3. The molecular weight excluding hydrogens is 300 g/mol. The van der Waals surface area contributed by atoms with Gasteiger partial charge in [0.05, 0.1) is 6.20 Å². The smallest absolute Gasteiger partial charge is 0.253 e. The standard InChI is InChI=1S/C19H26N4O/c1-14-11-20-21-18(14)17-5-4-10-23(13-17)19(24)16-8-6-15(7-9-16)12-22(2)3/h6-9,11,17H,4-5,10,12-13H2,1-3H3,(H,20,21). The van der Waals surface area contributed by atoms with Crippen molar-refractivity contribution in [1.82, 2.24) is 20.0 Å². The van der Waals surface area contributed by atoms with E-state index in [0.29, 0.717) is 5.92 Å². The first-order valence-electron chi connectivity index (χ1n) is 8.57. The first kappa shape index (κ1) is 16.7. The van der Waals surface area contributed by atoms with E-state index in [2.05, 4.69) is 22.0 Å². The van der Waals surface area contributed by atoms with E-state index in [4.69, 9.17) is 0 Å². The Balaban J connectivity index is 1.69. The Hall–Kier alpha value is -2.14. The van der Waals surface area contributed by atoms with Crippen LogP contribution in [0.15, 0.2) is 30.5 Å². The van der Waals surface area contributed by atoms with E-state index in [-0.39, 0.29) is 5.91 Å². The van der Waals surface area contributed by atoms with Gasteiger partial charge in [-0.3, -0.25) is 9.89 Å². The second-order valence-electron chi connectivity index (χ2n) is 6.99. The molecule has 128 valence electrons. The predicted octanol–water partition coefficient (Wildman–Crippen LogP) is 2.80. The highest BCUT2D eigenvalue weighted by atomic mass is 16.2. The van der Waals surface area contributed by atoms with Crippen LogP contribution in [0.2, 0.25) is 0 Å². The van der Waals surface area contributed by atoms with Crippen LogP contribution in [-0.4, -0.2) is 53.1 Å². The maximum absolute atomic E-state index is 12.8. The number of aryl methyl sites for hydroxylation is 1. The quantitative estimate of drug-likeness (QED) is 0.940. The third-order valence-corrected chi connectivity index (χ3v) is 4.68. The Morgan fingerprint density at radius 3 is 2.71 bits per heavy atom. The number of likely N-dealkylation sites (tertiary alicyclic amines) is 1. The lowest BCUT2D eigenvalue weighted by atomic mass is 9.92. The number of H-pyrrole nitrogens is 1. The number of piperidine rings is 1. The molecule has 24 heavy (non-hydrogen) atoms. The molecule has 1 amide bonds. The van der Waals surface area contributed by atoms with Gasteiger partial charge in [0, 0.05) is 36.8 Å². The minimum Gasteiger partial charge on any atom is -0.338 e. The van der Waals surface area contributed by atoms with Gasteiger partial charge >= 0.3 is 0 Å². The molecule has 1 unspecified atom stereocenters. The first-order chi connectivity index (χ1) is 11.5. The van der Waals surface area contributed by atoms with Crippen molar-refractivity contribution in [2.24, 2.45) is 0 Å². The minimum atomic E-state index is 0.133. The summed E-state index contributed by atoms with van der Waals surface area (Å²) in [4.78, 5) is 16.9. The summed E-state index contributed by atoms with van der Waals surface area (Å²) in [5.74, 6) is 0.492. The lowest BCUT2D eigenvalue weighted by Crippen LogP contribution is -2.39.